The maximum atomic E-state index is 15.9. The summed E-state index contributed by atoms with van der Waals surface area (Å²) in [6.07, 6.45) is 4.82. The van der Waals surface area contributed by atoms with E-state index in [-0.39, 0.29) is 23.3 Å². The van der Waals surface area contributed by atoms with Crippen molar-refractivity contribution in [2.45, 2.75) is 43.9 Å². The predicted octanol–water partition coefficient (Wildman–Crippen LogP) is 3.81. The van der Waals surface area contributed by atoms with Crippen LogP contribution in [0.15, 0.2) is 53.5 Å². The summed E-state index contributed by atoms with van der Waals surface area (Å²) in [7, 11) is 0. The highest BCUT2D eigenvalue weighted by Crippen LogP contribution is 2.57. The molecule has 40 heavy (non-hydrogen) atoms. The molecule has 10 heteroatoms. The minimum absolute atomic E-state index is 0.109. The van der Waals surface area contributed by atoms with Crippen LogP contribution in [-0.4, -0.2) is 53.1 Å². The number of benzene rings is 2. The van der Waals surface area contributed by atoms with Crippen molar-refractivity contribution in [1.82, 2.24) is 9.58 Å². The predicted molar refractivity (Wildman–Crippen MR) is 142 cm³/mol. The molecular weight excluding hydrogens is 518 g/mol. The zero-order chi connectivity index (χ0) is 27.3. The summed E-state index contributed by atoms with van der Waals surface area (Å²) in [4.78, 5) is 30.1. The maximum Gasteiger partial charge on any atom is 0.278 e. The number of carbonyl (C=O) groups is 1. The Hall–Kier alpha value is -3.92. The highest BCUT2D eigenvalue weighted by Gasteiger charge is 2.55. The minimum atomic E-state index is -0.930. The van der Waals surface area contributed by atoms with Crippen LogP contribution in [-0.2, 0) is 4.74 Å². The number of amides is 1. The van der Waals surface area contributed by atoms with E-state index in [1.807, 2.05) is 29.3 Å². The van der Waals surface area contributed by atoms with Gasteiger partial charge in [0, 0.05) is 42.2 Å². The van der Waals surface area contributed by atoms with Crippen molar-refractivity contribution in [3.8, 4) is 5.75 Å². The highest BCUT2D eigenvalue weighted by atomic mass is 19.2. The molecular formula is C30H28F2N4O4. The van der Waals surface area contributed by atoms with E-state index in [0.29, 0.717) is 31.7 Å². The molecule has 8 nitrogen and oxygen atoms in total. The zero-order valence-electron chi connectivity index (χ0n) is 21.7. The Morgan fingerprint density at radius 3 is 2.60 bits per heavy atom. The number of hydrogen-bond acceptors (Lipinski definition) is 6. The summed E-state index contributed by atoms with van der Waals surface area (Å²) < 4.78 is 38.2. The summed E-state index contributed by atoms with van der Waals surface area (Å²) in [5, 5.41) is 12.9. The summed E-state index contributed by atoms with van der Waals surface area (Å²) in [5.74, 6) is -2.85. The van der Waals surface area contributed by atoms with E-state index in [2.05, 4.69) is 4.90 Å². The van der Waals surface area contributed by atoms with E-state index in [9.17, 15) is 19.1 Å². The molecule has 8 rings (SSSR count). The SMILES string of the molecule is O=C1c2c(O)c(=O)ccn2N([C@@H]2c3ccccc3N3CCOCC3c3c2ccc(F)c3F)[C@@H]2CC3(CCN12)CC3. The molecule has 1 spiro atoms. The number of aromatic hydroxyl groups is 1. The van der Waals surface area contributed by atoms with Crippen molar-refractivity contribution >= 4 is 11.6 Å². The van der Waals surface area contributed by atoms with E-state index >= 15 is 4.39 Å². The third-order valence-electron chi connectivity index (χ3n) is 9.61. The molecule has 1 saturated carbocycles. The third-order valence-corrected chi connectivity index (χ3v) is 9.61. The standard InChI is InChI=1S/C30H28F2N4O4/c31-19-6-5-18-24(25(19)32)21-16-40-14-13-33(21)20-4-2-1-3-17(20)26(18)36-23-15-30(8-9-30)10-12-34(23)29(39)27-28(38)22(37)7-11-35(27)36/h1-7,11,21,23,26,38H,8-10,12-16H2/t21?,23-,26-/m1/s1. The quantitative estimate of drug-likeness (QED) is 0.501. The number of ether oxygens (including phenoxy) is 1. The first-order chi connectivity index (χ1) is 19.4. The number of aromatic nitrogens is 1. The molecule has 1 N–H and O–H groups in total. The second-order valence-electron chi connectivity index (χ2n) is 11.6. The van der Waals surface area contributed by atoms with Crippen molar-refractivity contribution in [2.75, 3.05) is 36.2 Å². The number of pyridine rings is 1. The van der Waals surface area contributed by atoms with Gasteiger partial charge in [-0.05, 0) is 48.8 Å². The van der Waals surface area contributed by atoms with Crippen molar-refractivity contribution in [3.63, 3.8) is 0 Å². The molecule has 1 aromatic heterocycles. The van der Waals surface area contributed by atoms with Gasteiger partial charge in [-0.25, -0.2) is 8.78 Å². The molecule has 1 amide bonds. The number of nitrogens with zero attached hydrogens (tertiary/aromatic N) is 4. The smallest absolute Gasteiger partial charge is 0.278 e. The van der Waals surface area contributed by atoms with Crippen LogP contribution in [0.3, 0.4) is 0 Å². The Morgan fingerprint density at radius 1 is 0.950 bits per heavy atom. The highest BCUT2D eigenvalue weighted by molar-refractivity contribution is 5.96. The number of carbonyl (C=O) groups excluding carboxylic acids is 1. The Kier molecular flexibility index (Phi) is 4.96. The summed E-state index contributed by atoms with van der Waals surface area (Å²) >= 11 is 0. The van der Waals surface area contributed by atoms with Crippen molar-refractivity contribution < 1.29 is 23.4 Å². The molecule has 4 aliphatic heterocycles. The van der Waals surface area contributed by atoms with E-state index < -0.39 is 47.0 Å². The third kappa shape index (κ3) is 3.19. The van der Waals surface area contributed by atoms with Gasteiger partial charge in [0.1, 0.15) is 12.2 Å². The summed E-state index contributed by atoms with van der Waals surface area (Å²) in [6.45, 7) is 1.65. The minimum Gasteiger partial charge on any atom is -0.502 e. The summed E-state index contributed by atoms with van der Waals surface area (Å²) in [6, 6.07) is 10.7. The van der Waals surface area contributed by atoms with Crippen LogP contribution in [0.1, 0.15) is 64.9 Å². The number of morpholine rings is 1. The van der Waals surface area contributed by atoms with Crippen LogP contribution in [0.25, 0.3) is 0 Å². The lowest BCUT2D eigenvalue weighted by atomic mass is 9.87. The van der Waals surface area contributed by atoms with Gasteiger partial charge >= 0.3 is 0 Å². The van der Waals surface area contributed by atoms with Gasteiger partial charge in [-0.15, -0.1) is 0 Å². The van der Waals surface area contributed by atoms with Gasteiger partial charge in [0.2, 0.25) is 5.43 Å². The van der Waals surface area contributed by atoms with Crippen molar-refractivity contribution in [3.05, 3.63) is 92.9 Å². The van der Waals surface area contributed by atoms with Gasteiger partial charge in [-0.2, -0.15) is 0 Å². The Labute approximate surface area is 229 Å². The van der Waals surface area contributed by atoms with Crippen LogP contribution in [0.5, 0.6) is 5.75 Å². The van der Waals surface area contributed by atoms with E-state index in [4.69, 9.17) is 4.74 Å². The van der Waals surface area contributed by atoms with Crippen LogP contribution >= 0.6 is 0 Å². The first-order valence-electron chi connectivity index (χ1n) is 13.8. The topological polar surface area (TPSA) is 78.2 Å². The van der Waals surface area contributed by atoms with Gasteiger partial charge in [-0.1, -0.05) is 24.3 Å². The largest absolute Gasteiger partial charge is 0.502 e. The number of hydrogen-bond donors (Lipinski definition) is 1. The molecule has 1 aliphatic carbocycles. The number of anilines is 1. The zero-order valence-corrected chi connectivity index (χ0v) is 21.7. The molecule has 3 aromatic rings. The van der Waals surface area contributed by atoms with Crippen molar-refractivity contribution in [2.24, 2.45) is 5.41 Å². The number of halogens is 2. The number of fused-ring (bicyclic) bond motifs is 7. The van der Waals surface area contributed by atoms with E-state index in [1.165, 1.54) is 12.3 Å². The van der Waals surface area contributed by atoms with Gasteiger partial charge in [0.25, 0.3) is 5.91 Å². The average molecular weight is 547 g/mol. The monoisotopic (exact) mass is 546 g/mol. The number of rotatable bonds is 1. The van der Waals surface area contributed by atoms with E-state index in [0.717, 1.165) is 36.6 Å². The number of piperidine rings is 1. The fourth-order valence-electron chi connectivity index (χ4n) is 7.42. The van der Waals surface area contributed by atoms with Crippen LogP contribution in [0.2, 0.25) is 0 Å². The lowest BCUT2D eigenvalue weighted by Gasteiger charge is -2.53. The van der Waals surface area contributed by atoms with Gasteiger partial charge in [0.05, 0.1) is 19.3 Å². The molecule has 2 saturated heterocycles. The Bertz CT molecular complexity index is 1640. The first-order valence-corrected chi connectivity index (χ1v) is 13.8. The van der Waals surface area contributed by atoms with Gasteiger partial charge in [-0.3, -0.25) is 19.3 Å². The lowest BCUT2D eigenvalue weighted by molar-refractivity contribution is 0.0348. The average Bonchev–Trinajstić information content (AvgIpc) is 3.74. The van der Waals surface area contributed by atoms with Crippen LogP contribution in [0.4, 0.5) is 14.5 Å². The molecule has 5 aliphatic rings. The van der Waals surface area contributed by atoms with Crippen molar-refractivity contribution in [1.29, 1.82) is 0 Å². The Morgan fingerprint density at radius 2 is 1.77 bits per heavy atom. The number of para-hydroxylation sites is 1. The molecule has 2 aromatic carbocycles. The molecule has 5 heterocycles. The second kappa shape index (κ2) is 8.30. The Balaban J connectivity index is 1.44. The molecule has 1 unspecified atom stereocenters. The second-order valence-corrected chi connectivity index (χ2v) is 11.6. The molecule has 206 valence electrons. The maximum absolute atomic E-state index is 15.9. The van der Waals surface area contributed by atoms with Gasteiger partial charge < -0.3 is 19.6 Å². The molecule has 0 bridgehead atoms. The van der Waals surface area contributed by atoms with E-state index in [1.54, 1.807) is 15.6 Å². The van der Waals surface area contributed by atoms with Crippen LogP contribution < -0.4 is 15.3 Å². The summed E-state index contributed by atoms with van der Waals surface area (Å²) in [5.41, 5.74) is 1.92. The fraction of sp³-hybridized carbons (Fsp3) is 0.400. The molecule has 3 atom stereocenters. The molecule has 3 fully saturated rings. The lowest BCUT2D eigenvalue weighted by Crippen LogP contribution is -2.65. The van der Waals surface area contributed by atoms with Gasteiger partial charge in [0.15, 0.2) is 23.1 Å². The first kappa shape index (κ1) is 23.9. The van der Waals surface area contributed by atoms with Crippen LogP contribution in [0, 0.1) is 17.0 Å². The normalized spacial score (nSPS) is 25.9. The fourth-order valence-corrected chi connectivity index (χ4v) is 7.42. The molecule has 0 radical (unpaired) electrons.